The van der Waals surface area contributed by atoms with Gasteiger partial charge in [-0.15, -0.1) is 0 Å². The van der Waals surface area contributed by atoms with Gasteiger partial charge in [0, 0.05) is 25.2 Å². The molecule has 0 saturated carbocycles. The quantitative estimate of drug-likeness (QED) is 0.558. The summed E-state index contributed by atoms with van der Waals surface area (Å²) >= 11 is 0. The number of benzene rings is 1. The SMILES string of the molecule is C[C@@H](C(=O)NCc1ccc(C(F)(F)F)nc1N1CCCCC1)c1ccc(NS(C)(=O)=O)c(F)c1. The Bertz CT molecular complexity index is 1150. The Hall–Kier alpha value is -2.89. The van der Waals surface area contributed by atoms with Crippen molar-refractivity contribution in [3.63, 3.8) is 0 Å². The minimum Gasteiger partial charge on any atom is -0.356 e. The molecule has 1 aliphatic rings. The van der Waals surface area contributed by atoms with Crippen molar-refractivity contribution < 1.29 is 30.8 Å². The zero-order chi connectivity index (χ0) is 25.1. The zero-order valence-corrected chi connectivity index (χ0v) is 19.6. The molecule has 1 aliphatic heterocycles. The molecule has 1 aromatic heterocycles. The Kier molecular flexibility index (Phi) is 7.69. The Morgan fingerprint density at radius 2 is 1.82 bits per heavy atom. The molecule has 12 heteroatoms. The maximum absolute atomic E-state index is 14.3. The highest BCUT2D eigenvalue weighted by molar-refractivity contribution is 7.92. The molecule has 7 nitrogen and oxygen atoms in total. The molecule has 2 N–H and O–H groups in total. The van der Waals surface area contributed by atoms with Crippen LogP contribution in [-0.2, 0) is 27.5 Å². The summed E-state index contributed by atoms with van der Waals surface area (Å²) in [4.78, 5) is 18.3. The molecule has 2 aromatic rings. The first-order chi connectivity index (χ1) is 15.8. The number of carbonyl (C=O) groups excluding carboxylic acids is 1. The van der Waals surface area contributed by atoms with E-state index in [0.717, 1.165) is 37.7 Å². The molecular weight excluding hydrogens is 476 g/mol. The largest absolute Gasteiger partial charge is 0.433 e. The minimum absolute atomic E-state index is 0.0453. The van der Waals surface area contributed by atoms with E-state index in [1.165, 1.54) is 18.2 Å². The first-order valence-electron chi connectivity index (χ1n) is 10.7. The summed E-state index contributed by atoms with van der Waals surface area (Å²) in [6.07, 6.45) is -1.01. The van der Waals surface area contributed by atoms with Crippen LogP contribution in [0.2, 0.25) is 0 Å². The molecule has 0 spiro atoms. The molecular formula is C22H26F4N4O3S. The normalized spacial score (nSPS) is 15.6. The van der Waals surface area contributed by atoms with Crippen molar-refractivity contribution in [2.24, 2.45) is 0 Å². The molecule has 186 valence electrons. The number of nitrogens with one attached hydrogen (secondary N) is 2. The van der Waals surface area contributed by atoms with Gasteiger partial charge in [0.05, 0.1) is 17.9 Å². The predicted octanol–water partition coefficient (Wildman–Crippen LogP) is 4.02. The molecule has 2 heterocycles. The van der Waals surface area contributed by atoms with E-state index < -0.39 is 39.5 Å². The van der Waals surface area contributed by atoms with Crippen molar-refractivity contribution in [2.45, 2.75) is 44.8 Å². The van der Waals surface area contributed by atoms with Crippen LogP contribution < -0.4 is 14.9 Å². The fourth-order valence-electron chi connectivity index (χ4n) is 3.72. The van der Waals surface area contributed by atoms with Gasteiger partial charge < -0.3 is 10.2 Å². The maximum atomic E-state index is 14.3. The van der Waals surface area contributed by atoms with E-state index in [1.54, 1.807) is 11.8 Å². The maximum Gasteiger partial charge on any atom is 0.433 e. The van der Waals surface area contributed by atoms with Crippen molar-refractivity contribution in [2.75, 3.05) is 29.0 Å². The number of hydrogen-bond acceptors (Lipinski definition) is 5. The molecule has 0 unspecified atom stereocenters. The molecule has 0 aliphatic carbocycles. The molecule has 1 atom stereocenters. The number of halogens is 4. The van der Waals surface area contributed by atoms with E-state index in [-0.39, 0.29) is 18.1 Å². The summed E-state index contributed by atoms with van der Waals surface area (Å²) in [6.45, 7) is 2.66. The average molecular weight is 503 g/mol. The Morgan fingerprint density at radius 1 is 1.15 bits per heavy atom. The number of aromatic nitrogens is 1. The highest BCUT2D eigenvalue weighted by atomic mass is 32.2. The van der Waals surface area contributed by atoms with Crippen LogP contribution in [-0.4, -0.2) is 38.7 Å². The fourth-order valence-corrected chi connectivity index (χ4v) is 4.29. The first kappa shape index (κ1) is 25.7. The molecule has 34 heavy (non-hydrogen) atoms. The Balaban J connectivity index is 1.75. The predicted molar refractivity (Wildman–Crippen MR) is 120 cm³/mol. The van der Waals surface area contributed by atoms with E-state index in [9.17, 15) is 30.8 Å². The lowest BCUT2D eigenvalue weighted by Gasteiger charge is -2.30. The molecule has 1 saturated heterocycles. The van der Waals surface area contributed by atoms with Crippen LogP contribution in [0.1, 0.15) is 48.9 Å². The third-order valence-electron chi connectivity index (χ3n) is 5.54. The van der Waals surface area contributed by atoms with Gasteiger partial charge in [0.2, 0.25) is 15.9 Å². The lowest BCUT2D eigenvalue weighted by atomic mass is 9.99. The number of anilines is 2. The Labute approximate surface area is 195 Å². The second kappa shape index (κ2) is 10.2. The summed E-state index contributed by atoms with van der Waals surface area (Å²) < 4.78 is 78.6. The highest BCUT2D eigenvalue weighted by Crippen LogP contribution is 2.31. The van der Waals surface area contributed by atoms with Crippen LogP contribution in [0.5, 0.6) is 0 Å². The van der Waals surface area contributed by atoms with Gasteiger partial charge in [-0.3, -0.25) is 9.52 Å². The van der Waals surface area contributed by atoms with E-state index in [1.807, 2.05) is 4.72 Å². The molecule has 3 rings (SSSR count). The summed E-state index contributed by atoms with van der Waals surface area (Å²) in [7, 11) is -3.66. The number of sulfonamides is 1. The monoisotopic (exact) mass is 502 g/mol. The summed E-state index contributed by atoms with van der Waals surface area (Å²) in [5.41, 5.74) is -0.458. The van der Waals surface area contributed by atoms with Crippen LogP contribution in [0.4, 0.5) is 29.1 Å². The van der Waals surface area contributed by atoms with Gasteiger partial charge in [0.25, 0.3) is 0 Å². The van der Waals surface area contributed by atoms with Gasteiger partial charge in [-0.05, 0) is 49.9 Å². The number of carbonyl (C=O) groups is 1. The van der Waals surface area contributed by atoms with E-state index in [4.69, 9.17) is 0 Å². The third kappa shape index (κ3) is 6.58. The van der Waals surface area contributed by atoms with Gasteiger partial charge >= 0.3 is 6.18 Å². The minimum atomic E-state index is -4.58. The molecule has 1 amide bonds. The van der Waals surface area contributed by atoms with Crippen molar-refractivity contribution in [3.8, 4) is 0 Å². The molecule has 1 fully saturated rings. The lowest BCUT2D eigenvalue weighted by Crippen LogP contribution is -2.33. The van der Waals surface area contributed by atoms with Crippen molar-refractivity contribution in [1.82, 2.24) is 10.3 Å². The number of nitrogens with zero attached hydrogens (tertiary/aromatic N) is 2. The molecule has 0 radical (unpaired) electrons. The van der Waals surface area contributed by atoms with E-state index >= 15 is 0 Å². The number of amides is 1. The number of piperidine rings is 1. The van der Waals surface area contributed by atoms with Crippen molar-refractivity contribution in [1.29, 1.82) is 0 Å². The average Bonchev–Trinajstić information content (AvgIpc) is 2.77. The zero-order valence-electron chi connectivity index (χ0n) is 18.7. The molecule has 1 aromatic carbocycles. The smallest absolute Gasteiger partial charge is 0.356 e. The number of rotatable bonds is 7. The molecule has 0 bridgehead atoms. The summed E-state index contributed by atoms with van der Waals surface area (Å²) in [5.74, 6) is -1.89. The highest BCUT2D eigenvalue weighted by Gasteiger charge is 2.34. The number of hydrogen-bond donors (Lipinski definition) is 2. The van der Waals surface area contributed by atoms with Crippen LogP contribution in [0, 0.1) is 5.82 Å². The number of alkyl halides is 3. The van der Waals surface area contributed by atoms with E-state index in [0.29, 0.717) is 24.2 Å². The van der Waals surface area contributed by atoms with Gasteiger partial charge in [0.15, 0.2) is 0 Å². The topological polar surface area (TPSA) is 91.4 Å². The fraction of sp³-hybridized carbons (Fsp3) is 0.455. The van der Waals surface area contributed by atoms with Crippen molar-refractivity contribution in [3.05, 3.63) is 53.0 Å². The van der Waals surface area contributed by atoms with Crippen molar-refractivity contribution >= 4 is 27.4 Å². The van der Waals surface area contributed by atoms with E-state index in [2.05, 4.69) is 10.3 Å². The number of pyridine rings is 1. The lowest BCUT2D eigenvalue weighted by molar-refractivity contribution is -0.141. The van der Waals surface area contributed by atoms with Crippen LogP contribution in [0.25, 0.3) is 0 Å². The Morgan fingerprint density at radius 3 is 2.41 bits per heavy atom. The van der Waals surface area contributed by atoms with Gasteiger partial charge in [-0.1, -0.05) is 12.1 Å². The second-order valence-corrected chi connectivity index (χ2v) is 10.0. The summed E-state index contributed by atoms with van der Waals surface area (Å²) in [6, 6.07) is 5.93. The van der Waals surface area contributed by atoms with Gasteiger partial charge in [0.1, 0.15) is 17.3 Å². The van der Waals surface area contributed by atoms with Crippen LogP contribution in [0.15, 0.2) is 30.3 Å². The second-order valence-electron chi connectivity index (χ2n) is 8.28. The van der Waals surface area contributed by atoms with Crippen LogP contribution >= 0.6 is 0 Å². The van der Waals surface area contributed by atoms with Gasteiger partial charge in [-0.25, -0.2) is 17.8 Å². The van der Waals surface area contributed by atoms with Crippen LogP contribution in [0.3, 0.4) is 0 Å². The first-order valence-corrected chi connectivity index (χ1v) is 12.6. The third-order valence-corrected chi connectivity index (χ3v) is 6.13. The van der Waals surface area contributed by atoms with Gasteiger partial charge in [-0.2, -0.15) is 13.2 Å². The standard InChI is InChI=1S/C22H26F4N4O3S/c1-14(15-6-8-18(17(23)12-15)29-34(2,32)33)21(31)27-13-16-7-9-19(22(24,25)26)28-20(16)30-10-4-3-5-11-30/h6-9,12,14,29H,3-5,10-11,13H2,1-2H3,(H,27,31)/t14-/m1/s1. The summed E-state index contributed by atoms with van der Waals surface area (Å²) in [5, 5.41) is 2.69.